The van der Waals surface area contributed by atoms with Crippen molar-refractivity contribution in [3.63, 3.8) is 0 Å². The lowest BCUT2D eigenvalue weighted by molar-refractivity contribution is 0.0944. The van der Waals surface area contributed by atoms with Crippen LogP contribution < -0.4 is 11.1 Å². The molecule has 7 heteroatoms. The van der Waals surface area contributed by atoms with Crippen LogP contribution >= 0.6 is 11.8 Å². The quantitative estimate of drug-likeness (QED) is 0.594. The zero-order chi connectivity index (χ0) is 10.4. The number of amides is 1. The van der Waals surface area contributed by atoms with Crippen LogP contribution in [0.5, 0.6) is 0 Å². The second-order valence-corrected chi connectivity index (χ2v) is 3.63. The summed E-state index contributed by atoms with van der Waals surface area (Å²) in [7, 11) is 0. The monoisotopic (exact) mass is 215 g/mol. The smallest absolute Gasteiger partial charge is 0.288 e. The Morgan fingerprint density at radius 1 is 1.71 bits per heavy atom. The van der Waals surface area contributed by atoms with Crippen molar-refractivity contribution in [2.24, 2.45) is 0 Å². The lowest BCUT2D eigenvalue weighted by atomic mass is 10.4. The van der Waals surface area contributed by atoms with Crippen LogP contribution in [0.2, 0.25) is 0 Å². The van der Waals surface area contributed by atoms with Crippen molar-refractivity contribution >= 4 is 23.6 Å². The number of aromatic nitrogens is 3. The molecule has 0 saturated heterocycles. The zero-order valence-corrected chi connectivity index (χ0v) is 8.73. The Morgan fingerprint density at radius 2 is 2.50 bits per heavy atom. The molecule has 1 aromatic rings. The number of rotatable bonds is 5. The van der Waals surface area contributed by atoms with Crippen molar-refractivity contribution < 1.29 is 4.79 Å². The molecule has 0 aliphatic rings. The molecule has 6 nitrogen and oxygen atoms in total. The molecule has 1 heterocycles. The Kier molecular flexibility index (Phi) is 4.24. The van der Waals surface area contributed by atoms with Gasteiger partial charge in [-0.3, -0.25) is 9.89 Å². The van der Waals surface area contributed by atoms with Crippen molar-refractivity contribution in [1.29, 1.82) is 0 Å². The molecule has 1 aromatic heterocycles. The van der Waals surface area contributed by atoms with Crippen molar-refractivity contribution in [1.82, 2.24) is 20.5 Å². The average Bonchev–Trinajstić information content (AvgIpc) is 2.59. The lowest BCUT2D eigenvalue weighted by Crippen LogP contribution is -2.25. The van der Waals surface area contributed by atoms with Gasteiger partial charge in [0.15, 0.2) is 0 Å². The Hall–Kier alpha value is -1.24. The highest BCUT2D eigenvalue weighted by atomic mass is 32.2. The van der Waals surface area contributed by atoms with Crippen LogP contribution in [0.1, 0.15) is 17.0 Å². The van der Waals surface area contributed by atoms with Gasteiger partial charge in [-0.1, -0.05) is 0 Å². The van der Waals surface area contributed by atoms with Crippen LogP contribution in [0.15, 0.2) is 0 Å². The predicted molar refractivity (Wildman–Crippen MR) is 56.1 cm³/mol. The number of hydrogen-bond donors (Lipinski definition) is 3. The molecule has 0 aliphatic heterocycles. The molecule has 1 rings (SSSR count). The van der Waals surface area contributed by atoms with E-state index in [9.17, 15) is 4.79 Å². The first-order chi connectivity index (χ1) is 6.74. The second-order valence-electron chi connectivity index (χ2n) is 2.64. The highest BCUT2D eigenvalue weighted by Crippen LogP contribution is 1.95. The Morgan fingerprint density at radius 3 is 3.07 bits per heavy atom. The first kappa shape index (κ1) is 10.8. The number of aromatic amines is 1. The summed E-state index contributed by atoms with van der Waals surface area (Å²) < 4.78 is 0. The lowest BCUT2D eigenvalue weighted by Gasteiger charge is -2.00. The van der Waals surface area contributed by atoms with Gasteiger partial charge in [0.25, 0.3) is 5.91 Å². The van der Waals surface area contributed by atoms with E-state index >= 15 is 0 Å². The maximum Gasteiger partial charge on any atom is 0.288 e. The largest absolute Gasteiger partial charge is 0.366 e. The van der Waals surface area contributed by atoms with E-state index in [1.54, 1.807) is 11.8 Å². The Bertz CT molecular complexity index is 300. The van der Waals surface area contributed by atoms with Crippen LogP contribution in [-0.2, 0) is 0 Å². The third kappa shape index (κ3) is 3.25. The molecule has 0 radical (unpaired) electrons. The van der Waals surface area contributed by atoms with Gasteiger partial charge in [-0.25, -0.2) is 0 Å². The normalized spacial score (nSPS) is 10.1. The summed E-state index contributed by atoms with van der Waals surface area (Å²) >= 11 is 1.75. The van der Waals surface area contributed by atoms with Crippen molar-refractivity contribution in [3.8, 4) is 0 Å². The van der Waals surface area contributed by atoms with E-state index in [1.165, 1.54) is 0 Å². The van der Waals surface area contributed by atoms with E-state index in [1.807, 2.05) is 6.26 Å². The number of anilines is 1. The van der Waals surface area contributed by atoms with E-state index in [4.69, 9.17) is 5.73 Å². The molecule has 78 valence electrons. The number of carbonyl (C=O) groups is 1. The number of H-pyrrole nitrogens is 1. The topological polar surface area (TPSA) is 96.7 Å². The maximum atomic E-state index is 11.3. The summed E-state index contributed by atoms with van der Waals surface area (Å²) in [5.41, 5.74) is 5.26. The van der Waals surface area contributed by atoms with Crippen LogP contribution in [0.25, 0.3) is 0 Å². The van der Waals surface area contributed by atoms with Gasteiger partial charge in [0, 0.05) is 6.54 Å². The van der Waals surface area contributed by atoms with E-state index in [0.29, 0.717) is 6.54 Å². The highest BCUT2D eigenvalue weighted by molar-refractivity contribution is 7.98. The maximum absolute atomic E-state index is 11.3. The number of nitrogen functional groups attached to an aromatic ring is 1. The molecule has 0 aromatic carbocycles. The minimum absolute atomic E-state index is 0.0827. The van der Waals surface area contributed by atoms with Gasteiger partial charge in [0.1, 0.15) is 0 Å². The standard InChI is InChI=1S/C7H13N5OS/c1-14-4-2-3-9-6(13)5-10-7(8)12-11-5/h2-4H2,1H3,(H,9,13)(H3,8,10,11,12). The summed E-state index contributed by atoms with van der Waals surface area (Å²) in [4.78, 5) is 15.0. The number of carbonyl (C=O) groups excluding carboxylic acids is 1. The van der Waals surface area contributed by atoms with Crippen LogP contribution in [0.4, 0.5) is 5.95 Å². The van der Waals surface area contributed by atoms with Crippen molar-refractivity contribution in [2.75, 3.05) is 24.3 Å². The minimum atomic E-state index is -0.268. The fourth-order valence-electron chi connectivity index (χ4n) is 0.878. The molecule has 0 bridgehead atoms. The number of nitrogens with zero attached hydrogens (tertiary/aromatic N) is 2. The van der Waals surface area contributed by atoms with Crippen LogP contribution in [0.3, 0.4) is 0 Å². The van der Waals surface area contributed by atoms with Gasteiger partial charge in [-0.15, -0.1) is 5.10 Å². The van der Waals surface area contributed by atoms with Gasteiger partial charge in [0.2, 0.25) is 11.8 Å². The molecule has 0 aliphatic carbocycles. The van der Waals surface area contributed by atoms with E-state index < -0.39 is 0 Å². The first-order valence-electron chi connectivity index (χ1n) is 4.19. The molecule has 1 amide bonds. The van der Waals surface area contributed by atoms with Gasteiger partial charge in [-0.2, -0.15) is 16.7 Å². The SMILES string of the molecule is CSCCCNC(=O)c1nc(N)n[nH]1. The average molecular weight is 215 g/mol. The van der Waals surface area contributed by atoms with Gasteiger partial charge >= 0.3 is 0 Å². The molecule has 4 N–H and O–H groups in total. The third-order valence-corrected chi connectivity index (χ3v) is 2.23. The summed E-state index contributed by atoms with van der Waals surface area (Å²) in [6.45, 7) is 0.639. The molecule has 0 saturated carbocycles. The molecule has 0 spiro atoms. The highest BCUT2D eigenvalue weighted by Gasteiger charge is 2.08. The number of hydrogen-bond acceptors (Lipinski definition) is 5. The number of nitrogens with one attached hydrogen (secondary N) is 2. The number of thioether (sulfide) groups is 1. The fraction of sp³-hybridized carbons (Fsp3) is 0.571. The minimum Gasteiger partial charge on any atom is -0.366 e. The molecule has 0 fully saturated rings. The van der Waals surface area contributed by atoms with E-state index in [0.717, 1.165) is 12.2 Å². The van der Waals surface area contributed by atoms with Crippen LogP contribution in [0, 0.1) is 0 Å². The first-order valence-corrected chi connectivity index (χ1v) is 5.58. The molecular formula is C7H13N5OS. The Labute approximate surface area is 86.0 Å². The third-order valence-electron chi connectivity index (χ3n) is 1.53. The van der Waals surface area contributed by atoms with Gasteiger partial charge in [-0.05, 0) is 18.4 Å². The molecular weight excluding hydrogens is 202 g/mol. The zero-order valence-electron chi connectivity index (χ0n) is 7.91. The van der Waals surface area contributed by atoms with E-state index in [2.05, 4.69) is 20.5 Å². The van der Waals surface area contributed by atoms with E-state index in [-0.39, 0.29) is 17.7 Å². The molecule has 0 unspecified atom stereocenters. The fourth-order valence-corrected chi connectivity index (χ4v) is 1.31. The Balaban J connectivity index is 2.29. The summed E-state index contributed by atoms with van der Waals surface area (Å²) in [5.74, 6) is 1.000. The van der Waals surface area contributed by atoms with Gasteiger partial charge < -0.3 is 11.1 Å². The summed E-state index contributed by atoms with van der Waals surface area (Å²) in [6.07, 6.45) is 2.97. The molecule has 0 atom stereocenters. The van der Waals surface area contributed by atoms with Crippen LogP contribution in [-0.4, -0.2) is 39.6 Å². The van der Waals surface area contributed by atoms with Crippen molar-refractivity contribution in [2.45, 2.75) is 6.42 Å². The number of nitrogens with two attached hydrogens (primary N) is 1. The van der Waals surface area contributed by atoms with Crippen molar-refractivity contribution in [3.05, 3.63) is 5.82 Å². The van der Waals surface area contributed by atoms with Gasteiger partial charge in [0.05, 0.1) is 0 Å². The summed E-state index contributed by atoms with van der Waals surface area (Å²) in [5, 5.41) is 8.71. The summed E-state index contributed by atoms with van der Waals surface area (Å²) in [6, 6.07) is 0. The second kappa shape index (κ2) is 5.48. The molecule has 14 heavy (non-hydrogen) atoms. The predicted octanol–water partition coefficient (Wildman–Crippen LogP) is -0.130.